The average Bonchev–Trinajstić information content (AvgIpc) is 3.92. The van der Waals surface area contributed by atoms with E-state index >= 15 is 0 Å². The summed E-state index contributed by atoms with van der Waals surface area (Å²) in [5.41, 5.74) is 12.3. The Morgan fingerprint density at radius 2 is 0.786 bits per heavy atom. The van der Waals surface area contributed by atoms with Crippen LogP contribution in [0.2, 0.25) is 0 Å². The van der Waals surface area contributed by atoms with E-state index in [1.807, 2.05) is 60.7 Å². The van der Waals surface area contributed by atoms with Crippen molar-refractivity contribution >= 4 is 59.9 Å². The highest BCUT2D eigenvalue weighted by atomic mass is 15.0. The first-order valence-corrected chi connectivity index (χ1v) is 19.0. The van der Waals surface area contributed by atoms with E-state index in [1.165, 1.54) is 60.0 Å². The van der Waals surface area contributed by atoms with E-state index in [4.69, 9.17) is 15.0 Å². The van der Waals surface area contributed by atoms with Gasteiger partial charge >= 0.3 is 0 Å². The van der Waals surface area contributed by atoms with Gasteiger partial charge in [0.2, 0.25) is 0 Å². The zero-order valence-electron chi connectivity index (χ0n) is 30.1. The van der Waals surface area contributed by atoms with Crippen molar-refractivity contribution in [1.29, 1.82) is 0 Å². The molecule has 0 aliphatic heterocycles. The second kappa shape index (κ2) is 11.9. The first-order chi connectivity index (χ1) is 27.8. The molecular weight excluding hydrogens is 683 g/mol. The maximum Gasteiger partial charge on any atom is 0.164 e. The van der Waals surface area contributed by atoms with Crippen molar-refractivity contribution in [3.63, 3.8) is 0 Å². The van der Waals surface area contributed by atoms with Crippen LogP contribution in [0.5, 0.6) is 0 Å². The van der Waals surface area contributed by atoms with E-state index in [0.717, 1.165) is 33.4 Å². The zero-order valence-corrected chi connectivity index (χ0v) is 30.1. The van der Waals surface area contributed by atoms with Crippen LogP contribution in [0.25, 0.3) is 111 Å². The van der Waals surface area contributed by atoms with Gasteiger partial charge in [0.15, 0.2) is 17.5 Å². The number of nitrogens with zero attached hydrogens (tertiary/aromatic N) is 5. The molecule has 0 unspecified atom stereocenters. The minimum absolute atomic E-state index is 0.633. The van der Waals surface area contributed by atoms with Crippen LogP contribution in [0.15, 0.2) is 188 Å². The molecule has 12 rings (SSSR count). The fraction of sp³-hybridized carbons (Fsp3) is 0. The number of hydrogen-bond acceptors (Lipinski definition) is 3. The van der Waals surface area contributed by atoms with Crippen LogP contribution < -0.4 is 0 Å². The molecule has 12 aromatic rings. The molecule has 5 nitrogen and oxygen atoms in total. The van der Waals surface area contributed by atoms with E-state index < -0.39 is 0 Å². The first-order valence-electron chi connectivity index (χ1n) is 19.0. The molecule has 0 saturated heterocycles. The summed E-state index contributed by atoms with van der Waals surface area (Å²) in [7, 11) is 0. The largest absolute Gasteiger partial charge is 0.309 e. The first kappa shape index (κ1) is 30.8. The van der Waals surface area contributed by atoms with Gasteiger partial charge in [-0.2, -0.15) is 0 Å². The molecule has 0 amide bonds. The maximum absolute atomic E-state index is 5.02. The lowest BCUT2D eigenvalue weighted by Crippen LogP contribution is -2.01. The van der Waals surface area contributed by atoms with Crippen LogP contribution in [0.3, 0.4) is 0 Å². The maximum atomic E-state index is 5.02. The molecule has 8 aromatic carbocycles. The summed E-state index contributed by atoms with van der Waals surface area (Å²) < 4.78 is 4.81. The molecule has 0 fully saturated rings. The molecule has 56 heavy (non-hydrogen) atoms. The van der Waals surface area contributed by atoms with Crippen LogP contribution in [0.1, 0.15) is 0 Å². The molecule has 260 valence electrons. The Morgan fingerprint density at radius 3 is 1.50 bits per heavy atom. The summed E-state index contributed by atoms with van der Waals surface area (Å²) >= 11 is 0. The summed E-state index contributed by atoms with van der Waals surface area (Å²) in [5.74, 6) is 1.93. The van der Waals surface area contributed by atoms with E-state index in [2.05, 4.69) is 136 Å². The number of para-hydroxylation sites is 3. The lowest BCUT2D eigenvalue weighted by Gasteiger charge is -2.12. The molecular formula is C51H31N5. The van der Waals surface area contributed by atoms with Gasteiger partial charge < -0.3 is 8.97 Å². The van der Waals surface area contributed by atoms with Crippen molar-refractivity contribution in [2.24, 2.45) is 0 Å². The number of hydrogen-bond donors (Lipinski definition) is 0. The van der Waals surface area contributed by atoms with Crippen molar-refractivity contribution in [2.45, 2.75) is 0 Å². The van der Waals surface area contributed by atoms with Gasteiger partial charge in [0, 0.05) is 54.7 Å². The Morgan fingerprint density at radius 1 is 0.286 bits per heavy atom. The molecule has 0 N–H and O–H groups in total. The van der Waals surface area contributed by atoms with E-state index in [0.29, 0.717) is 17.5 Å². The van der Waals surface area contributed by atoms with Gasteiger partial charge in [-0.15, -0.1) is 0 Å². The molecule has 0 radical (unpaired) electrons. The normalized spacial score (nSPS) is 11.9. The number of rotatable bonds is 5. The molecule has 0 saturated carbocycles. The van der Waals surface area contributed by atoms with Crippen molar-refractivity contribution in [3.8, 4) is 51.0 Å². The predicted octanol–water partition coefficient (Wildman–Crippen LogP) is 12.8. The highest BCUT2D eigenvalue weighted by molar-refractivity contribution is 6.23. The second-order valence-corrected chi connectivity index (χ2v) is 14.5. The average molecular weight is 714 g/mol. The minimum Gasteiger partial charge on any atom is -0.309 e. The number of aromatic nitrogens is 5. The monoisotopic (exact) mass is 713 g/mol. The topological polar surface area (TPSA) is 48.0 Å². The van der Waals surface area contributed by atoms with Gasteiger partial charge in [0.1, 0.15) is 0 Å². The Labute approximate surface area is 321 Å². The van der Waals surface area contributed by atoms with Crippen LogP contribution in [0.4, 0.5) is 0 Å². The SMILES string of the molecule is c1ccc(-c2nc(-c3ccccc3)nc(-c3cccc(-n4c5ccccc5c5cc(-c6ccc7c8cccc9c%10ccccc%10n(c7c6)c98)ccc54)c3)n2)cc1. The number of benzene rings is 8. The highest BCUT2D eigenvalue weighted by Gasteiger charge is 2.19. The second-order valence-electron chi connectivity index (χ2n) is 14.5. The van der Waals surface area contributed by atoms with Gasteiger partial charge in [-0.3, -0.25) is 0 Å². The molecule has 0 bridgehead atoms. The van der Waals surface area contributed by atoms with Gasteiger partial charge in [-0.1, -0.05) is 146 Å². The summed E-state index contributed by atoms with van der Waals surface area (Å²) in [6.45, 7) is 0. The summed E-state index contributed by atoms with van der Waals surface area (Å²) in [6, 6.07) is 66.7. The van der Waals surface area contributed by atoms with Crippen LogP contribution in [-0.4, -0.2) is 23.9 Å². The van der Waals surface area contributed by atoms with E-state index in [9.17, 15) is 0 Å². The third-order valence-electron chi connectivity index (χ3n) is 11.3. The smallest absolute Gasteiger partial charge is 0.164 e. The third-order valence-corrected chi connectivity index (χ3v) is 11.3. The molecule has 0 spiro atoms. The van der Waals surface area contributed by atoms with Gasteiger partial charge in [-0.25, -0.2) is 15.0 Å². The van der Waals surface area contributed by atoms with Crippen LogP contribution in [0, 0.1) is 0 Å². The van der Waals surface area contributed by atoms with Crippen molar-refractivity contribution in [1.82, 2.24) is 23.9 Å². The predicted molar refractivity (Wildman–Crippen MR) is 231 cm³/mol. The standard InChI is InChI=1S/C51H31N5/c1-3-13-32(14-4-1)49-52-50(33-15-5-2-6-16-33)54-51(53-49)36-17-11-18-37(29-36)55-44-23-9-8-20-39(44)43-30-34(26-28-46(43)55)35-25-27-40-42-22-12-21-41-38-19-7-10-24-45(38)56(48(41)42)47(40)31-35/h1-31H. The fourth-order valence-electron chi connectivity index (χ4n) is 8.76. The molecule has 4 heterocycles. The molecule has 0 aliphatic carbocycles. The molecule has 5 heteroatoms. The van der Waals surface area contributed by atoms with E-state index in [-0.39, 0.29) is 0 Å². The minimum atomic E-state index is 0.633. The van der Waals surface area contributed by atoms with Gasteiger partial charge in [-0.05, 0) is 53.6 Å². The molecule has 0 aliphatic rings. The lowest BCUT2D eigenvalue weighted by molar-refractivity contribution is 1.07. The Hall–Kier alpha value is -7.63. The zero-order chi connectivity index (χ0) is 36.7. The third kappa shape index (κ3) is 4.58. The van der Waals surface area contributed by atoms with Gasteiger partial charge in [0.25, 0.3) is 0 Å². The molecule has 0 atom stereocenters. The quantitative estimate of drug-likeness (QED) is 0.178. The lowest BCUT2D eigenvalue weighted by atomic mass is 10.0. The van der Waals surface area contributed by atoms with Crippen molar-refractivity contribution < 1.29 is 0 Å². The van der Waals surface area contributed by atoms with Crippen LogP contribution in [-0.2, 0) is 0 Å². The summed E-state index contributed by atoms with van der Waals surface area (Å²) in [5, 5.41) is 7.59. The van der Waals surface area contributed by atoms with Crippen LogP contribution >= 0.6 is 0 Å². The highest BCUT2D eigenvalue weighted by Crippen LogP contribution is 2.41. The van der Waals surface area contributed by atoms with Gasteiger partial charge in [0.05, 0.1) is 27.6 Å². The number of fused-ring (bicyclic) bond motifs is 9. The molecule has 4 aromatic heterocycles. The summed E-state index contributed by atoms with van der Waals surface area (Å²) in [4.78, 5) is 15.0. The Bertz CT molecular complexity index is 3410. The Kier molecular flexibility index (Phi) is 6.56. The fourth-order valence-corrected chi connectivity index (χ4v) is 8.76. The van der Waals surface area contributed by atoms with E-state index in [1.54, 1.807) is 0 Å². The Balaban J connectivity index is 1.01. The van der Waals surface area contributed by atoms with Crippen molar-refractivity contribution in [2.75, 3.05) is 0 Å². The van der Waals surface area contributed by atoms with Crippen molar-refractivity contribution in [3.05, 3.63) is 188 Å². The summed E-state index contributed by atoms with van der Waals surface area (Å²) in [6.07, 6.45) is 0.